The quantitative estimate of drug-likeness (QED) is 0.884. The molecule has 2 aromatic rings. The minimum absolute atomic E-state index is 0.138. The molecule has 2 rings (SSSR count). The smallest absolute Gasteiger partial charge is 0.321 e. The van der Waals surface area contributed by atoms with Gasteiger partial charge in [0.2, 0.25) is 5.95 Å². The van der Waals surface area contributed by atoms with Crippen molar-refractivity contribution in [2.24, 2.45) is 0 Å². The van der Waals surface area contributed by atoms with Gasteiger partial charge in [0.1, 0.15) is 5.75 Å². The fraction of sp³-hybridized carbons (Fsp3) is 0.308. The van der Waals surface area contributed by atoms with Crippen molar-refractivity contribution in [2.75, 3.05) is 19.5 Å². The maximum absolute atomic E-state index is 5.67. The number of nitrogens with two attached hydrogens (primary N) is 1. The summed E-state index contributed by atoms with van der Waals surface area (Å²) < 4.78 is 10.5. The minimum atomic E-state index is 0.138. The van der Waals surface area contributed by atoms with Crippen LogP contribution in [0, 0.1) is 0 Å². The highest BCUT2D eigenvalue weighted by Crippen LogP contribution is 2.22. The van der Waals surface area contributed by atoms with E-state index >= 15 is 0 Å². The number of nitrogens with zero attached hydrogens (tertiary/aromatic N) is 3. The molecule has 0 atom stereocenters. The first-order valence-electron chi connectivity index (χ1n) is 6.01. The second kappa shape index (κ2) is 5.99. The van der Waals surface area contributed by atoms with E-state index in [-0.39, 0.29) is 12.0 Å². The van der Waals surface area contributed by atoms with Gasteiger partial charge in [-0.2, -0.15) is 15.0 Å². The van der Waals surface area contributed by atoms with Crippen LogP contribution in [0.2, 0.25) is 0 Å². The Morgan fingerprint density at radius 3 is 2.79 bits per heavy atom. The van der Waals surface area contributed by atoms with Gasteiger partial charge < -0.3 is 15.2 Å². The molecule has 1 heterocycles. The van der Waals surface area contributed by atoms with Gasteiger partial charge >= 0.3 is 6.01 Å². The van der Waals surface area contributed by atoms with Gasteiger partial charge in [0.15, 0.2) is 5.82 Å². The summed E-state index contributed by atoms with van der Waals surface area (Å²) in [7, 11) is 1.61. The Bertz CT molecular complexity index is 560. The molecule has 0 spiro atoms. The van der Waals surface area contributed by atoms with Gasteiger partial charge in [-0.05, 0) is 18.6 Å². The van der Waals surface area contributed by atoms with E-state index in [9.17, 15) is 0 Å². The number of rotatable bonds is 5. The maximum Gasteiger partial charge on any atom is 0.321 e. The highest BCUT2D eigenvalue weighted by molar-refractivity contribution is 5.58. The van der Waals surface area contributed by atoms with Gasteiger partial charge in [0.05, 0.1) is 13.7 Å². The lowest BCUT2D eigenvalue weighted by atomic mass is 10.2. The largest absolute Gasteiger partial charge is 0.497 e. The highest BCUT2D eigenvalue weighted by atomic mass is 16.5. The molecule has 0 amide bonds. The van der Waals surface area contributed by atoms with Gasteiger partial charge in [-0.1, -0.05) is 19.1 Å². The van der Waals surface area contributed by atoms with Crippen LogP contribution in [-0.2, 0) is 0 Å². The van der Waals surface area contributed by atoms with E-state index in [1.807, 2.05) is 31.2 Å². The number of nitrogen functional groups attached to an aromatic ring is 1. The van der Waals surface area contributed by atoms with Crippen molar-refractivity contribution in [3.8, 4) is 23.1 Å². The molecule has 0 aliphatic rings. The van der Waals surface area contributed by atoms with E-state index in [2.05, 4.69) is 15.0 Å². The van der Waals surface area contributed by atoms with Crippen molar-refractivity contribution < 1.29 is 9.47 Å². The lowest BCUT2D eigenvalue weighted by molar-refractivity contribution is 0.292. The molecule has 0 unspecified atom stereocenters. The molecule has 0 aliphatic carbocycles. The Hall–Kier alpha value is -2.37. The summed E-state index contributed by atoms with van der Waals surface area (Å²) in [6, 6.07) is 7.66. The molecule has 0 radical (unpaired) electrons. The number of methoxy groups -OCH3 is 1. The number of anilines is 1. The van der Waals surface area contributed by atoms with Gasteiger partial charge in [-0.25, -0.2) is 0 Å². The van der Waals surface area contributed by atoms with Crippen LogP contribution in [0.5, 0.6) is 11.8 Å². The molecule has 0 bridgehead atoms. The molecule has 100 valence electrons. The van der Waals surface area contributed by atoms with E-state index in [0.29, 0.717) is 12.4 Å². The first kappa shape index (κ1) is 13.1. The van der Waals surface area contributed by atoms with E-state index in [0.717, 1.165) is 17.7 Å². The molecule has 19 heavy (non-hydrogen) atoms. The van der Waals surface area contributed by atoms with Gasteiger partial charge in [-0.15, -0.1) is 0 Å². The van der Waals surface area contributed by atoms with Gasteiger partial charge in [0, 0.05) is 5.56 Å². The van der Waals surface area contributed by atoms with E-state index in [1.54, 1.807) is 7.11 Å². The van der Waals surface area contributed by atoms with Crippen molar-refractivity contribution in [1.29, 1.82) is 0 Å². The Labute approximate surface area is 111 Å². The predicted octanol–water partition coefficient (Wildman–Crippen LogP) is 1.92. The lowest BCUT2D eigenvalue weighted by Gasteiger charge is -2.07. The van der Waals surface area contributed by atoms with Crippen LogP contribution in [0.3, 0.4) is 0 Å². The highest BCUT2D eigenvalue weighted by Gasteiger charge is 2.08. The lowest BCUT2D eigenvalue weighted by Crippen LogP contribution is -2.05. The Morgan fingerprint density at radius 1 is 1.21 bits per heavy atom. The molecule has 0 saturated carbocycles. The number of aromatic nitrogens is 3. The molecule has 1 aromatic carbocycles. The van der Waals surface area contributed by atoms with Crippen molar-refractivity contribution in [3.05, 3.63) is 24.3 Å². The zero-order valence-corrected chi connectivity index (χ0v) is 11.0. The Morgan fingerprint density at radius 2 is 2.05 bits per heavy atom. The standard InChI is InChI=1S/C13H16N4O2/c1-3-7-19-13-16-11(15-12(14)17-13)9-5-4-6-10(8-9)18-2/h4-6,8H,3,7H2,1-2H3,(H2,14,15,16,17). The van der Waals surface area contributed by atoms with E-state index in [4.69, 9.17) is 15.2 Å². The average Bonchev–Trinajstić information content (AvgIpc) is 2.44. The zero-order chi connectivity index (χ0) is 13.7. The summed E-state index contributed by atoms with van der Waals surface area (Å²) in [4.78, 5) is 12.3. The maximum atomic E-state index is 5.67. The summed E-state index contributed by atoms with van der Waals surface area (Å²) >= 11 is 0. The van der Waals surface area contributed by atoms with Crippen molar-refractivity contribution in [3.63, 3.8) is 0 Å². The first-order valence-corrected chi connectivity index (χ1v) is 6.01. The second-order valence-electron chi connectivity index (χ2n) is 3.88. The molecular weight excluding hydrogens is 244 g/mol. The van der Waals surface area contributed by atoms with Gasteiger partial charge in [0.25, 0.3) is 0 Å². The van der Waals surface area contributed by atoms with Crippen molar-refractivity contribution in [1.82, 2.24) is 15.0 Å². The summed E-state index contributed by atoms with van der Waals surface area (Å²) in [6.07, 6.45) is 0.875. The molecular formula is C13H16N4O2. The summed E-state index contributed by atoms with van der Waals surface area (Å²) in [5.41, 5.74) is 6.47. The third-order valence-electron chi connectivity index (χ3n) is 2.40. The van der Waals surface area contributed by atoms with Crippen LogP contribution in [0.1, 0.15) is 13.3 Å². The fourth-order valence-electron chi connectivity index (χ4n) is 1.52. The second-order valence-corrected chi connectivity index (χ2v) is 3.88. The number of hydrogen-bond donors (Lipinski definition) is 1. The Kier molecular flexibility index (Phi) is 4.12. The summed E-state index contributed by atoms with van der Waals surface area (Å²) in [5.74, 6) is 1.34. The third-order valence-corrected chi connectivity index (χ3v) is 2.40. The van der Waals surface area contributed by atoms with Gasteiger partial charge in [-0.3, -0.25) is 0 Å². The van der Waals surface area contributed by atoms with Crippen molar-refractivity contribution in [2.45, 2.75) is 13.3 Å². The molecule has 0 aliphatic heterocycles. The van der Waals surface area contributed by atoms with Crippen LogP contribution >= 0.6 is 0 Å². The zero-order valence-electron chi connectivity index (χ0n) is 11.0. The molecule has 6 heteroatoms. The number of benzene rings is 1. The van der Waals surface area contributed by atoms with E-state index in [1.165, 1.54) is 0 Å². The van der Waals surface area contributed by atoms with Crippen LogP contribution in [0.15, 0.2) is 24.3 Å². The predicted molar refractivity (Wildman–Crippen MR) is 72.0 cm³/mol. The normalized spacial score (nSPS) is 10.2. The Balaban J connectivity index is 2.34. The number of ether oxygens (including phenoxy) is 2. The third kappa shape index (κ3) is 3.31. The molecule has 0 saturated heterocycles. The summed E-state index contributed by atoms with van der Waals surface area (Å²) in [6.45, 7) is 2.55. The fourth-order valence-corrected chi connectivity index (χ4v) is 1.52. The van der Waals surface area contributed by atoms with Crippen LogP contribution in [0.25, 0.3) is 11.4 Å². The van der Waals surface area contributed by atoms with Crippen LogP contribution in [-0.4, -0.2) is 28.7 Å². The molecule has 1 aromatic heterocycles. The molecule has 2 N–H and O–H groups in total. The monoisotopic (exact) mass is 260 g/mol. The van der Waals surface area contributed by atoms with E-state index < -0.39 is 0 Å². The number of hydrogen-bond acceptors (Lipinski definition) is 6. The van der Waals surface area contributed by atoms with Crippen LogP contribution < -0.4 is 15.2 Å². The topological polar surface area (TPSA) is 83.2 Å². The first-order chi connectivity index (χ1) is 9.22. The molecule has 6 nitrogen and oxygen atoms in total. The minimum Gasteiger partial charge on any atom is -0.497 e. The average molecular weight is 260 g/mol. The molecule has 0 fully saturated rings. The summed E-state index contributed by atoms with van der Waals surface area (Å²) in [5, 5.41) is 0. The van der Waals surface area contributed by atoms with Crippen molar-refractivity contribution >= 4 is 5.95 Å². The van der Waals surface area contributed by atoms with Crippen LogP contribution in [0.4, 0.5) is 5.95 Å². The SMILES string of the molecule is CCCOc1nc(N)nc(-c2cccc(OC)c2)n1.